The van der Waals surface area contributed by atoms with Crippen LogP contribution in [0, 0.1) is 0 Å². The molecule has 0 aliphatic heterocycles. The summed E-state index contributed by atoms with van der Waals surface area (Å²) in [5.74, 6) is -0.357. The summed E-state index contributed by atoms with van der Waals surface area (Å²) in [6.07, 6.45) is 1.89. The van der Waals surface area contributed by atoms with Gasteiger partial charge in [-0.2, -0.15) is 5.10 Å². The Morgan fingerprint density at radius 2 is 1.69 bits per heavy atom. The molecule has 2 aliphatic rings. The molecule has 2 aliphatic carbocycles. The summed E-state index contributed by atoms with van der Waals surface area (Å²) >= 11 is 5.95. The van der Waals surface area contributed by atoms with Crippen LogP contribution in [0.15, 0.2) is 72.9 Å². The molecule has 0 unspecified atom stereocenters. The van der Waals surface area contributed by atoms with E-state index in [-0.39, 0.29) is 5.97 Å². The summed E-state index contributed by atoms with van der Waals surface area (Å²) < 4.78 is 6.72. The van der Waals surface area contributed by atoms with Crippen LogP contribution in [-0.4, -0.2) is 22.9 Å². The van der Waals surface area contributed by atoms with Crippen LogP contribution < -0.4 is 0 Å². The monoisotopic (exact) mass is 362 g/mol. The fourth-order valence-corrected chi connectivity index (χ4v) is 3.14. The molecule has 0 atom stereocenters. The van der Waals surface area contributed by atoms with Crippen molar-refractivity contribution in [3.63, 3.8) is 0 Å². The fraction of sp³-hybridized carbons (Fsp3) is 0.0476. The number of halogens is 1. The second kappa shape index (κ2) is 6.65. The smallest absolute Gasteiger partial charge is 0.338 e. The Balaban J connectivity index is 1.83. The van der Waals surface area contributed by atoms with Crippen LogP contribution in [0.2, 0.25) is 5.02 Å². The number of carbonyl (C=O) groups is 1. The van der Waals surface area contributed by atoms with Gasteiger partial charge in [-0.1, -0.05) is 41.9 Å². The van der Waals surface area contributed by atoms with Crippen molar-refractivity contribution in [3.05, 3.63) is 83.5 Å². The first kappa shape index (κ1) is 16.4. The van der Waals surface area contributed by atoms with E-state index in [1.807, 2.05) is 72.9 Å². The molecule has 1 heterocycles. The first-order valence-corrected chi connectivity index (χ1v) is 8.47. The molecule has 4 rings (SSSR count). The number of carbonyl (C=O) groups excluding carboxylic acids is 1. The highest BCUT2D eigenvalue weighted by Crippen LogP contribution is 2.38. The minimum Gasteiger partial charge on any atom is -0.465 e. The van der Waals surface area contributed by atoms with Gasteiger partial charge in [0, 0.05) is 16.8 Å². The van der Waals surface area contributed by atoms with Crippen LogP contribution in [0.5, 0.6) is 0 Å². The maximum Gasteiger partial charge on any atom is 0.338 e. The number of benzene rings is 1. The van der Waals surface area contributed by atoms with Crippen LogP contribution in [0.4, 0.5) is 0 Å². The number of rotatable bonds is 3. The average molecular weight is 363 g/mol. The lowest BCUT2D eigenvalue weighted by molar-refractivity contribution is 0.0602. The van der Waals surface area contributed by atoms with E-state index < -0.39 is 0 Å². The van der Waals surface area contributed by atoms with Crippen LogP contribution in [0.25, 0.3) is 28.1 Å². The van der Waals surface area contributed by atoms with Crippen LogP contribution >= 0.6 is 11.6 Å². The standard InChI is InChI=1S/C21H15ClN2O2/c1-26-21(25)19-13-18(16-5-3-2-4-6-17(16)19)20-11-12-24(23-20)15-9-7-14(22)8-10-15/h2-13H,1H3. The summed E-state index contributed by atoms with van der Waals surface area (Å²) in [7, 11) is 1.39. The third-order valence-electron chi connectivity index (χ3n) is 4.27. The van der Waals surface area contributed by atoms with Gasteiger partial charge in [0.25, 0.3) is 0 Å². The highest BCUT2D eigenvalue weighted by atomic mass is 35.5. The number of fused-ring (bicyclic) bond motifs is 1. The lowest BCUT2D eigenvalue weighted by atomic mass is 10.1. The van der Waals surface area contributed by atoms with Crippen LogP contribution in [0.3, 0.4) is 0 Å². The van der Waals surface area contributed by atoms with Gasteiger partial charge in [0.2, 0.25) is 0 Å². The van der Waals surface area contributed by atoms with E-state index in [9.17, 15) is 4.79 Å². The maximum atomic E-state index is 12.2. The normalized spacial score (nSPS) is 10.8. The number of ether oxygens (including phenoxy) is 1. The predicted octanol–water partition coefficient (Wildman–Crippen LogP) is 5.08. The van der Waals surface area contributed by atoms with E-state index in [2.05, 4.69) is 5.10 Å². The average Bonchev–Trinajstić information content (AvgIpc) is 3.20. The maximum absolute atomic E-state index is 12.2. The highest BCUT2D eigenvalue weighted by molar-refractivity contribution is 6.30. The van der Waals surface area contributed by atoms with Gasteiger partial charge in [0.15, 0.2) is 0 Å². The highest BCUT2D eigenvalue weighted by Gasteiger charge is 2.22. The summed E-state index contributed by atoms with van der Waals surface area (Å²) in [5.41, 5.74) is 4.93. The fourth-order valence-electron chi connectivity index (χ4n) is 3.01. The Hall–Kier alpha value is -3.11. The number of aromatic nitrogens is 2. The zero-order chi connectivity index (χ0) is 18.1. The third kappa shape index (κ3) is 2.85. The van der Waals surface area contributed by atoms with Gasteiger partial charge in [0.05, 0.1) is 24.1 Å². The lowest BCUT2D eigenvalue weighted by Gasteiger charge is -2.02. The molecular formula is C21H15ClN2O2. The molecule has 0 N–H and O–H groups in total. The van der Waals surface area contributed by atoms with Gasteiger partial charge in [-0.25, -0.2) is 9.48 Å². The molecule has 0 amide bonds. The molecule has 128 valence electrons. The van der Waals surface area contributed by atoms with Gasteiger partial charge >= 0.3 is 5.97 Å². The molecule has 0 saturated heterocycles. The van der Waals surface area contributed by atoms with Crippen molar-refractivity contribution in [1.82, 2.24) is 9.78 Å². The lowest BCUT2D eigenvalue weighted by Crippen LogP contribution is -1.99. The van der Waals surface area contributed by atoms with Gasteiger partial charge in [-0.05, 0) is 47.5 Å². The van der Waals surface area contributed by atoms with Crippen LogP contribution in [0.1, 0.15) is 10.4 Å². The first-order valence-electron chi connectivity index (χ1n) is 8.09. The zero-order valence-electron chi connectivity index (χ0n) is 14.0. The summed E-state index contributed by atoms with van der Waals surface area (Å²) in [6.45, 7) is 0. The van der Waals surface area contributed by atoms with Crippen molar-refractivity contribution in [2.24, 2.45) is 0 Å². The Labute approximate surface area is 155 Å². The van der Waals surface area contributed by atoms with Crippen molar-refractivity contribution < 1.29 is 9.53 Å². The van der Waals surface area contributed by atoms with Crippen molar-refractivity contribution in [1.29, 1.82) is 0 Å². The minimum atomic E-state index is -0.357. The van der Waals surface area contributed by atoms with Gasteiger partial charge in [-0.3, -0.25) is 0 Å². The number of methoxy groups -OCH3 is 1. The van der Waals surface area contributed by atoms with Gasteiger partial charge < -0.3 is 4.74 Å². The quantitative estimate of drug-likeness (QED) is 0.477. The van der Waals surface area contributed by atoms with E-state index >= 15 is 0 Å². The topological polar surface area (TPSA) is 44.1 Å². The Bertz CT molecular complexity index is 1050. The van der Waals surface area contributed by atoms with Gasteiger partial charge in [0.1, 0.15) is 0 Å². The largest absolute Gasteiger partial charge is 0.465 e. The van der Waals surface area contributed by atoms with Crippen LogP contribution in [-0.2, 0) is 4.74 Å². The second-order valence-corrected chi connectivity index (χ2v) is 6.26. The predicted molar refractivity (Wildman–Crippen MR) is 102 cm³/mol. The summed E-state index contributed by atoms with van der Waals surface area (Å²) in [6, 6.07) is 20.9. The number of hydrogen-bond donors (Lipinski definition) is 0. The molecule has 0 bridgehead atoms. The third-order valence-corrected chi connectivity index (χ3v) is 4.52. The van der Waals surface area contributed by atoms with Crippen molar-refractivity contribution >= 4 is 17.6 Å². The summed E-state index contributed by atoms with van der Waals surface area (Å²) in [4.78, 5) is 12.2. The van der Waals surface area contributed by atoms with Crippen molar-refractivity contribution in [2.75, 3.05) is 7.11 Å². The Morgan fingerprint density at radius 1 is 0.962 bits per heavy atom. The van der Waals surface area contributed by atoms with E-state index in [1.54, 1.807) is 4.68 Å². The molecule has 26 heavy (non-hydrogen) atoms. The number of nitrogens with zero attached hydrogens (tertiary/aromatic N) is 2. The molecule has 4 nitrogen and oxygen atoms in total. The summed E-state index contributed by atoms with van der Waals surface area (Å²) in [5, 5.41) is 5.35. The Kier molecular flexibility index (Phi) is 4.19. The second-order valence-electron chi connectivity index (χ2n) is 5.82. The van der Waals surface area contributed by atoms with Gasteiger partial charge in [-0.15, -0.1) is 0 Å². The SMILES string of the molecule is COC(=O)c1cc(-c2ccn(-c3ccc(Cl)cc3)n2)c2cccccc1-2. The molecule has 1 aromatic heterocycles. The first-order chi connectivity index (χ1) is 12.7. The Morgan fingerprint density at radius 3 is 2.42 bits per heavy atom. The molecule has 5 heteroatoms. The van der Waals surface area contributed by atoms with E-state index in [0.29, 0.717) is 10.6 Å². The van der Waals surface area contributed by atoms with E-state index in [0.717, 1.165) is 28.1 Å². The number of hydrogen-bond acceptors (Lipinski definition) is 3. The van der Waals surface area contributed by atoms with E-state index in [4.69, 9.17) is 16.3 Å². The molecule has 0 radical (unpaired) electrons. The van der Waals surface area contributed by atoms with E-state index in [1.165, 1.54) is 7.11 Å². The molecule has 2 aromatic rings. The molecule has 0 fully saturated rings. The minimum absolute atomic E-state index is 0.357. The number of esters is 1. The molecule has 0 spiro atoms. The zero-order valence-corrected chi connectivity index (χ0v) is 14.8. The van der Waals surface area contributed by atoms with Crippen molar-refractivity contribution in [3.8, 4) is 28.1 Å². The molecular weight excluding hydrogens is 348 g/mol. The molecule has 1 aromatic carbocycles. The van der Waals surface area contributed by atoms with Crippen molar-refractivity contribution in [2.45, 2.75) is 0 Å². The molecule has 0 saturated carbocycles.